The monoisotopic (exact) mass is 369 g/mol. The molecule has 1 aromatic carbocycles. The first-order valence-corrected chi connectivity index (χ1v) is 7.06. The molecule has 0 radical (unpaired) electrons. The molecule has 1 saturated heterocycles. The maximum atomic E-state index is 14.1. The van der Waals surface area contributed by atoms with Gasteiger partial charge in [-0.3, -0.25) is 9.59 Å². The normalized spacial score (nSPS) is 16.7. The maximum absolute atomic E-state index is 14.1. The van der Waals surface area contributed by atoms with Gasteiger partial charge in [0.15, 0.2) is 6.79 Å². The standard InChI is InChI=1S/C14H12ClF4NO4/c1-23-6-24-11-5-10(9(16)4-8(11)15)20-12(21)2-7(3-13(20)22)14(17,18)19/h4-5,7H,2-3,6H2,1H3. The van der Waals surface area contributed by atoms with Crippen LogP contribution in [0.3, 0.4) is 0 Å². The number of imide groups is 1. The van der Waals surface area contributed by atoms with Crippen LogP contribution in [0.4, 0.5) is 23.2 Å². The van der Waals surface area contributed by atoms with E-state index in [1.807, 2.05) is 0 Å². The van der Waals surface area contributed by atoms with Gasteiger partial charge in [-0.05, 0) is 6.07 Å². The van der Waals surface area contributed by atoms with Gasteiger partial charge in [-0.15, -0.1) is 0 Å². The summed E-state index contributed by atoms with van der Waals surface area (Å²) in [6, 6.07) is 1.78. The summed E-state index contributed by atoms with van der Waals surface area (Å²) in [5.41, 5.74) is -0.513. The van der Waals surface area contributed by atoms with Crippen molar-refractivity contribution in [3.05, 3.63) is 23.0 Å². The van der Waals surface area contributed by atoms with Crippen LogP contribution >= 0.6 is 11.6 Å². The topological polar surface area (TPSA) is 55.8 Å². The van der Waals surface area contributed by atoms with Crippen molar-refractivity contribution in [1.82, 2.24) is 0 Å². The SMILES string of the molecule is COCOc1cc(N2C(=O)CC(C(F)(F)F)CC2=O)c(F)cc1Cl. The predicted molar refractivity (Wildman–Crippen MR) is 75.2 cm³/mol. The quantitative estimate of drug-likeness (QED) is 0.464. The number of amides is 2. The van der Waals surface area contributed by atoms with Crippen molar-refractivity contribution < 1.29 is 36.6 Å². The van der Waals surface area contributed by atoms with E-state index < -0.39 is 48.3 Å². The molecule has 24 heavy (non-hydrogen) atoms. The van der Waals surface area contributed by atoms with E-state index >= 15 is 0 Å². The van der Waals surface area contributed by atoms with E-state index in [-0.39, 0.29) is 17.6 Å². The van der Waals surface area contributed by atoms with E-state index in [4.69, 9.17) is 16.3 Å². The Labute approximate surface area is 139 Å². The van der Waals surface area contributed by atoms with E-state index in [2.05, 4.69) is 4.74 Å². The summed E-state index contributed by atoms with van der Waals surface area (Å²) in [5.74, 6) is -5.47. The molecule has 1 heterocycles. The van der Waals surface area contributed by atoms with Crippen molar-refractivity contribution in [1.29, 1.82) is 0 Å². The van der Waals surface area contributed by atoms with Gasteiger partial charge in [0.25, 0.3) is 0 Å². The smallest absolute Gasteiger partial charge is 0.392 e. The van der Waals surface area contributed by atoms with Gasteiger partial charge in [0.05, 0.1) is 16.6 Å². The fourth-order valence-corrected chi connectivity index (χ4v) is 2.44. The third-order valence-corrected chi connectivity index (χ3v) is 3.67. The second-order valence-electron chi connectivity index (χ2n) is 5.05. The third kappa shape index (κ3) is 3.78. The molecule has 0 bridgehead atoms. The Bertz CT molecular complexity index is 647. The predicted octanol–water partition coefficient (Wildman–Crippen LogP) is 3.29. The number of alkyl halides is 3. The van der Waals surface area contributed by atoms with E-state index in [0.29, 0.717) is 4.90 Å². The molecule has 0 aromatic heterocycles. The van der Waals surface area contributed by atoms with Crippen LogP contribution in [0.1, 0.15) is 12.8 Å². The Morgan fingerprint density at radius 3 is 2.33 bits per heavy atom. The van der Waals surface area contributed by atoms with E-state index in [0.717, 1.165) is 12.1 Å². The van der Waals surface area contributed by atoms with Gasteiger partial charge in [0.1, 0.15) is 11.6 Å². The largest absolute Gasteiger partial charge is 0.466 e. The molecule has 0 N–H and O–H groups in total. The fourth-order valence-electron chi connectivity index (χ4n) is 2.24. The summed E-state index contributed by atoms with van der Waals surface area (Å²) in [5, 5.41) is -0.140. The number of methoxy groups -OCH3 is 1. The van der Waals surface area contributed by atoms with Gasteiger partial charge >= 0.3 is 6.18 Å². The van der Waals surface area contributed by atoms with Crippen molar-refractivity contribution in [2.24, 2.45) is 5.92 Å². The number of rotatable bonds is 4. The molecule has 2 rings (SSSR count). The zero-order valence-electron chi connectivity index (χ0n) is 12.3. The van der Waals surface area contributed by atoms with Gasteiger partial charge in [-0.25, -0.2) is 9.29 Å². The fraction of sp³-hybridized carbons (Fsp3) is 0.429. The summed E-state index contributed by atoms with van der Waals surface area (Å²) in [6.45, 7) is -0.233. The summed E-state index contributed by atoms with van der Waals surface area (Å²) in [4.78, 5) is 24.3. The maximum Gasteiger partial charge on any atom is 0.392 e. The van der Waals surface area contributed by atoms with Gasteiger partial charge in [0.2, 0.25) is 11.8 Å². The van der Waals surface area contributed by atoms with Gasteiger partial charge < -0.3 is 9.47 Å². The highest BCUT2D eigenvalue weighted by molar-refractivity contribution is 6.32. The molecule has 1 fully saturated rings. The number of hydrogen-bond donors (Lipinski definition) is 0. The minimum absolute atomic E-state index is 0.0755. The molecule has 1 aromatic rings. The molecule has 0 unspecified atom stereocenters. The first-order valence-electron chi connectivity index (χ1n) is 6.68. The number of ether oxygens (including phenoxy) is 2. The number of benzene rings is 1. The molecule has 5 nitrogen and oxygen atoms in total. The van der Waals surface area contributed by atoms with E-state index in [9.17, 15) is 27.2 Å². The minimum atomic E-state index is -4.68. The lowest BCUT2D eigenvalue weighted by atomic mass is 9.94. The zero-order chi connectivity index (χ0) is 18.1. The second-order valence-corrected chi connectivity index (χ2v) is 5.46. The molecule has 1 aliphatic heterocycles. The number of carbonyl (C=O) groups is 2. The highest BCUT2D eigenvalue weighted by Gasteiger charge is 2.48. The molecule has 2 amide bonds. The van der Waals surface area contributed by atoms with Crippen molar-refractivity contribution in [2.75, 3.05) is 18.8 Å². The number of nitrogens with zero attached hydrogens (tertiary/aromatic N) is 1. The van der Waals surface area contributed by atoms with Crippen LogP contribution in [0.15, 0.2) is 12.1 Å². The number of hydrogen-bond acceptors (Lipinski definition) is 4. The average molecular weight is 370 g/mol. The van der Waals surface area contributed by atoms with Crippen LogP contribution < -0.4 is 9.64 Å². The molecule has 0 spiro atoms. The number of carbonyl (C=O) groups excluding carboxylic acids is 2. The highest BCUT2D eigenvalue weighted by atomic mass is 35.5. The molecule has 0 atom stereocenters. The zero-order valence-corrected chi connectivity index (χ0v) is 13.1. The van der Waals surface area contributed by atoms with E-state index in [1.165, 1.54) is 7.11 Å². The lowest BCUT2D eigenvalue weighted by Crippen LogP contribution is -2.47. The lowest BCUT2D eigenvalue weighted by Gasteiger charge is -2.31. The average Bonchev–Trinajstić information content (AvgIpc) is 2.46. The molecular formula is C14H12ClF4NO4. The van der Waals surface area contributed by atoms with Crippen molar-refractivity contribution >= 4 is 29.1 Å². The number of halogens is 5. The Hall–Kier alpha value is -1.87. The van der Waals surface area contributed by atoms with E-state index in [1.54, 1.807) is 0 Å². The van der Waals surface area contributed by atoms with Crippen LogP contribution in [0.2, 0.25) is 5.02 Å². The summed E-state index contributed by atoms with van der Waals surface area (Å²) >= 11 is 5.77. The lowest BCUT2D eigenvalue weighted by molar-refractivity contribution is -0.185. The second kappa shape index (κ2) is 6.94. The molecule has 0 saturated carbocycles. The van der Waals surface area contributed by atoms with Crippen LogP contribution in [0, 0.1) is 11.7 Å². The summed E-state index contributed by atoms with van der Waals surface area (Å²) < 4.78 is 61.9. The Morgan fingerprint density at radius 1 is 1.25 bits per heavy atom. The Morgan fingerprint density at radius 2 is 1.83 bits per heavy atom. The van der Waals surface area contributed by atoms with Gasteiger partial charge in [0, 0.05) is 26.0 Å². The molecular weight excluding hydrogens is 358 g/mol. The van der Waals surface area contributed by atoms with Crippen LogP contribution in [-0.2, 0) is 14.3 Å². The van der Waals surface area contributed by atoms with Crippen LogP contribution in [-0.4, -0.2) is 31.9 Å². The van der Waals surface area contributed by atoms with Gasteiger partial charge in [-0.1, -0.05) is 11.6 Å². The minimum Gasteiger partial charge on any atom is -0.466 e. The van der Waals surface area contributed by atoms with Crippen molar-refractivity contribution in [3.8, 4) is 5.75 Å². The van der Waals surface area contributed by atoms with Crippen LogP contribution in [0.5, 0.6) is 5.75 Å². The summed E-state index contributed by atoms with van der Waals surface area (Å²) in [7, 11) is 1.33. The third-order valence-electron chi connectivity index (χ3n) is 3.38. The first kappa shape index (κ1) is 18.5. The van der Waals surface area contributed by atoms with Crippen LogP contribution in [0.25, 0.3) is 0 Å². The molecule has 132 valence electrons. The number of piperidine rings is 1. The molecule has 0 aliphatic carbocycles. The van der Waals surface area contributed by atoms with Crippen molar-refractivity contribution in [2.45, 2.75) is 19.0 Å². The molecule has 10 heteroatoms. The first-order chi connectivity index (χ1) is 11.1. The number of anilines is 1. The Kier molecular flexibility index (Phi) is 5.34. The van der Waals surface area contributed by atoms with Gasteiger partial charge in [-0.2, -0.15) is 13.2 Å². The summed E-state index contributed by atoms with van der Waals surface area (Å²) in [6.07, 6.45) is -6.56. The highest BCUT2D eigenvalue weighted by Crippen LogP contribution is 2.39. The van der Waals surface area contributed by atoms with Crippen molar-refractivity contribution in [3.63, 3.8) is 0 Å². The Balaban J connectivity index is 2.34. The molecule has 1 aliphatic rings.